The number of nitrogens with one attached hydrogen (secondary N) is 1. The first-order chi connectivity index (χ1) is 12.2. The highest BCUT2D eigenvalue weighted by atomic mass is 19.4. The van der Waals surface area contributed by atoms with Crippen LogP contribution in [0, 0.1) is 5.92 Å². The average Bonchev–Trinajstić information content (AvgIpc) is 2.61. The Kier molecular flexibility index (Phi) is 5.99. The van der Waals surface area contributed by atoms with Crippen molar-refractivity contribution in [3.8, 4) is 0 Å². The summed E-state index contributed by atoms with van der Waals surface area (Å²) in [7, 11) is 0. The number of amides is 1. The summed E-state index contributed by atoms with van der Waals surface area (Å²) < 4.78 is 37.6. The molecule has 5 nitrogen and oxygen atoms in total. The molecule has 0 bridgehead atoms. The highest BCUT2D eigenvalue weighted by molar-refractivity contribution is 5.94. The van der Waals surface area contributed by atoms with Gasteiger partial charge in [-0.05, 0) is 29.8 Å². The molecule has 3 N–H and O–H groups in total. The lowest BCUT2D eigenvalue weighted by Gasteiger charge is -2.20. The van der Waals surface area contributed by atoms with Crippen LogP contribution in [0.2, 0.25) is 0 Å². The van der Waals surface area contributed by atoms with E-state index < -0.39 is 35.6 Å². The number of hydrogen-bond acceptors (Lipinski definition) is 3. The van der Waals surface area contributed by atoms with Crippen molar-refractivity contribution in [2.75, 3.05) is 6.54 Å². The summed E-state index contributed by atoms with van der Waals surface area (Å²) in [5.41, 5.74) is -0.558. The lowest BCUT2D eigenvalue weighted by molar-refractivity contribution is -0.145. The SMILES string of the molecule is O=C(NC[C@@H](C(=O)O)[C@H](O)c1ccccc1)c1ccc(C(F)(F)F)cc1. The zero-order valence-electron chi connectivity index (χ0n) is 13.4. The summed E-state index contributed by atoms with van der Waals surface area (Å²) in [6, 6.07) is 11.6. The minimum absolute atomic E-state index is 0.0451. The van der Waals surface area contributed by atoms with Crippen LogP contribution in [0.1, 0.15) is 27.6 Å². The van der Waals surface area contributed by atoms with E-state index in [1.165, 1.54) is 0 Å². The summed E-state index contributed by atoms with van der Waals surface area (Å²) in [6.45, 7) is -0.384. The van der Waals surface area contributed by atoms with Gasteiger partial charge in [0.2, 0.25) is 0 Å². The van der Waals surface area contributed by atoms with Crippen LogP contribution in [-0.2, 0) is 11.0 Å². The molecule has 0 aliphatic rings. The van der Waals surface area contributed by atoms with Gasteiger partial charge in [-0.3, -0.25) is 9.59 Å². The second-order valence-corrected chi connectivity index (χ2v) is 5.59. The van der Waals surface area contributed by atoms with Gasteiger partial charge in [-0.15, -0.1) is 0 Å². The van der Waals surface area contributed by atoms with Gasteiger partial charge >= 0.3 is 12.1 Å². The number of carbonyl (C=O) groups excluding carboxylic acids is 1. The zero-order chi connectivity index (χ0) is 19.3. The molecule has 0 aliphatic heterocycles. The summed E-state index contributed by atoms with van der Waals surface area (Å²) in [5, 5.41) is 21.8. The van der Waals surface area contributed by atoms with Crippen LogP contribution in [0.3, 0.4) is 0 Å². The Morgan fingerprint density at radius 1 is 1.00 bits per heavy atom. The third-order valence-electron chi connectivity index (χ3n) is 3.80. The smallest absolute Gasteiger partial charge is 0.416 e. The van der Waals surface area contributed by atoms with Crippen molar-refractivity contribution in [1.82, 2.24) is 5.32 Å². The van der Waals surface area contributed by atoms with E-state index in [9.17, 15) is 33.0 Å². The van der Waals surface area contributed by atoms with Crippen molar-refractivity contribution >= 4 is 11.9 Å². The van der Waals surface area contributed by atoms with Gasteiger partial charge < -0.3 is 15.5 Å². The molecule has 0 spiro atoms. The highest BCUT2D eigenvalue weighted by Crippen LogP contribution is 2.29. The molecule has 1 amide bonds. The number of aliphatic hydroxyl groups is 1. The molecule has 0 fully saturated rings. The summed E-state index contributed by atoms with van der Waals surface area (Å²) in [4.78, 5) is 23.4. The van der Waals surface area contributed by atoms with E-state index >= 15 is 0 Å². The van der Waals surface area contributed by atoms with Crippen molar-refractivity contribution in [2.45, 2.75) is 12.3 Å². The molecule has 2 rings (SSSR count). The molecule has 8 heteroatoms. The minimum atomic E-state index is -4.51. The zero-order valence-corrected chi connectivity index (χ0v) is 13.4. The van der Waals surface area contributed by atoms with E-state index in [1.54, 1.807) is 30.3 Å². The molecule has 2 aromatic rings. The fraction of sp³-hybridized carbons (Fsp3) is 0.222. The Labute approximate surface area is 147 Å². The van der Waals surface area contributed by atoms with E-state index in [-0.39, 0.29) is 12.1 Å². The van der Waals surface area contributed by atoms with Crippen molar-refractivity contribution in [3.05, 3.63) is 71.3 Å². The predicted octanol–water partition coefficient (Wildman–Crippen LogP) is 2.87. The number of carboxylic acids is 1. The standard InChI is InChI=1S/C18H16F3NO4/c19-18(20,21)13-8-6-12(7-9-13)16(24)22-10-14(17(25)26)15(23)11-4-2-1-3-5-11/h1-9,14-15,23H,10H2,(H,22,24)(H,25,26)/t14-,15-/m1/s1. The highest BCUT2D eigenvalue weighted by Gasteiger charge is 2.31. The van der Waals surface area contributed by atoms with E-state index in [1.807, 2.05) is 0 Å². The molecule has 2 atom stereocenters. The first-order valence-corrected chi connectivity index (χ1v) is 7.61. The number of halogens is 3. The lowest BCUT2D eigenvalue weighted by Crippen LogP contribution is -2.36. The molecule has 138 valence electrons. The molecular weight excluding hydrogens is 351 g/mol. The van der Waals surface area contributed by atoms with Crippen LogP contribution < -0.4 is 5.32 Å². The van der Waals surface area contributed by atoms with Crippen molar-refractivity contribution in [3.63, 3.8) is 0 Å². The van der Waals surface area contributed by atoms with Crippen LogP contribution in [0.15, 0.2) is 54.6 Å². The molecule has 0 saturated heterocycles. The first kappa shape index (κ1) is 19.5. The molecular formula is C18H16F3NO4. The number of aliphatic carboxylic acids is 1. The van der Waals surface area contributed by atoms with Gasteiger partial charge in [0.15, 0.2) is 0 Å². The normalized spacial score (nSPS) is 13.7. The van der Waals surface area contributed by atoms with Gasteiger partial charge in [0, 0.05) is 12.1 Å². The molecule has 0 aliphatic carbocycles. The van der Waals surface area contributed by atoms with Gasteiger partial charge in [-0.25, -0.2) is 0 Å². The van der Waals surface area contributed by atoms with Gasteiger partial charge in [0.25, 0.3) is 5.91 Å². The second-order valence-electron chi connectivity index (χ2n) is 5.59. The predicted molar refractivity (Wildman–Crippen MR) is 86.3 cm³/mol. The van der Waals surface area contributed by atoms with Gasteiger partial charge in [0.05, 0.1) is 11.7 Å². The summed E-state index contributed by atoms with van der Waals surface area (Å²) in [5.74, 6) is -3.35. The lowest BCUT2D eigenvalue weighted by atomic mass is 9.95. The minimum Gasteiger partial charge on any atom is -0.481 e. The van der Waals surface area contributed by atoms with Crippen LogP contribution in [-0.4, -0.2) is 28.6 Å². The summed E-state index contributed by atoms with van der Waals surface area (Å²) in [6.07, 6.45) is -5.86. The number of rotatable bonds is 6. The molecule has 26 heavy (non-hydrogen) atoms. The van der Waals surface area contributed by atoms with E-state index in [0.717, 1.165) is 24.3 Å². The molecule has 0 unspecified atom stereocenters. The van der Waals surface area contributed by atoms with Crippen LogP contribution in [0.4, 0.5) is 13.2 Å². The summed E-state index contributed by atoms with van der Waals surface area (Å²) >= 11 is 0. The second kappa shape index (κ2) is 8.01. The largest absolute Gasteiger partial charge is 0.481 e. The molecule has 0 radical (unpaired) electrons. The van der Waals surface area contributed by atoms with Crippen LogP contribution >= 0.6 is 0 Å². The fourth-order valence-electron chi connectivity index (χ4n) is 2.33. The number of benzene rings is 2. The third-order valence-corrected chi connectivity index (χ3v) is 3.80. The Bertz CT molecular complexity index is 760. The number of carboxylic acid groups (broad SMARTS) is 1. The third kappa shape index (κ3) is 4.82. The van der Waals surface area contributed by atoms with Gasteiger partial charge in [-0.2, -0.15) is 13.2 Å². The van der Waals surface area contributed by atoms with Crippen molar-refractivity contribution < 1.29 is 33.0 Å². The van der Waals surface area contributed by atoms with E-state index in [2.05, 4.69) is 5.32 Å². The fourth-order valence-corrected chi connectivity index (χ4v) is 2.33. The number of hydrogen-bond donors (Lipinski definition) is 3. The Morgan fingerprint density at radius 2 is 1.58 bits per heavy atom. The molecule has 2 aromatic carbocycles. The average molecular weight is 367 g/mol. The monoisotopic (exact) mass is 367 g/mol. The van der Waals surface area contributed by atoms with Gasteiger partial charge in [-0.1, -0.05) is 30.3 Å². The quantitative estimate of drug-likeness (QED) is 0.733. The van der Waals surface area contributed by atoms with E-state index in [0.29, 0.717) is 5.56 Å². The Hall–Kier alpha value is -2.87. The number of alkyl halides is 3. The maximum Gasteiger partial charge on any atom is 0.416 e. The first-order valence-electron chi connectivity index (χ1n) is 7.61. The molecule has 0 heterocycles. The number of aliphatic hydroxyl groups excluding tert-OH is 1. The Morgan fingerprint density at radius 3 is 2.08 bits per heavy atom. The maximum absolute atomic E-state index is 12.5. The maximum atomic E-state index is 12.5. The molecule has 0 aromatic heterocycles. The molecule has 0 saturated carbocycles. The van der Waals surface area contributed by atoms with E-state index in [4.69, 9.17) is 0 Å². The van der Waals surface area contributed by atoms with Crippen LogP contribution in [0.25, 0.3) is 0 Å². The van der Waals surface area contributed by atoms with Crippen molar-refractivity contribution in [2.24, 2.45) is 5.92 Å². The van der Waals surface area contributed by atoms with Crippen LogP contribution in [0.5, 0.6) is 0 Å². The van der Waals surface area contributed by atoms with Crippen molar-refractivity contribution in [1.29, 1.82) is 0 Å². The Balaban J connectivity index is 2.04. The topological polar surface area (TPSA) is 86.6 Å². The number of carbonyl (C=O) groups is 2. The van der Waals surface area contributed by atoms with Gasteiger partial charge in [0.1, 0.15) is 5.92 Å².